The van der Waals surface area contributed by atoms with E-state index >= 15 is 0 Å². The predicted octanol–water partition coefficient (Wildman–Crippen LogP) is 3.58. The summed E-state index contributed by atoms with van der Waals surface area (Å²) in [5.74, 6) is -0.902. The first-order chi connectivity index (χ1) is 15.1. The van der Waals surface area contributed by atoms with Crippen molar-refractivity contribution in [2.24, 2.45) is 4.99 Å². The number of aliphatic carboxylic acids is 1. The van der Waals surface area contributed by atoms with Gasteiger partial charge >= 0.3 is 5.97 Å². The number of aliphatic imine (C=N–C) groups is 1. The summed E-state index contributed by atoms with van der Waals surface area (Å²) in [6, 6.07) is 7.92. The van der Waals surface area contributed by atoms with Gasteiger partial charge in [0.1, 0.15) is 0 Å². The highest BCUT2D eigenvalue weighted by Crippen LogP contribution is 2.28. The number of halogens is 1. The normalized spacial score (nSPS) is 17.4. The van der Waals surface area contributed by atoms with Crippen LogP contribution in [0.15, 0.2) is 34.2 Å². The largest absolute Gasteiger partial charge is 0.481 e. The molecule has 6 nitrogen and oxygen atoms in total. The number of aromatic nitrogens is 1. The number of hydrogen-bond acceptors (Lipinski definition) is 5. The maximum Gasteiger partial charge on any atom is 0.304 e. The first kappa shape index (κ1) is 24.6. The zero-order valence-corrected chi connectivity index (χ0v) is 20.7. The number of carboxylic acid groups (broad SMARTS) is 1. The second-order valence-corrected chi connectivity index (χ2v) is 11.1. The summed E-state index contributed by atoms with van der Waals surface area (Å²) in [4.78, 5) is 16.4. The lowest BCUT2D eigenvalue weighted by molar-refractivity contribution is -0.137. The van der Waals surface area contributed by atoms with Crippen LogP contribution in [0.5, 0.6) is 0 Å². The van der Waals surface area contributed by atoms with Crippen LogP contribution in [-0.2, 0) is 21.2 Å². The Kier molecular flexibility index (Phi) is 7.90. The molecule has 172 valence electrons. The first-order valence-electron chi connectivity index (χ1n) is 10.3. The van der Waals surface area contributed by atoms with Crippen LogP contribution in [0.25, 0.3) is 11.1 Å². The van der Waals surface area contributed by atoms with Gasteiger partial charge in [0.15, 0.2) is 14.9 Å². The van der Waals surface area contributed by atoms with Gasteiger partial charge in [-0.1, -0.05) is 23.7 Å². The van der Waals surface area contributed by atoms with Crippen molar-refractivity contribution in [1.29, 1.82) is 0 Å². The molecule has 0 amide bonds. The van der Waals surface area contributed by atoms with Crippen LogP contribution in [0.4, 0.5) is 0 Å². The van der Waals surface area contributed by atoms with Crippen LogP contribution in [0.1, 0.15) is 42.9 Å². The van der Waals surface area contributed by atoms with Crippen LogP contribution in [0, 0.1) is 6.92 Å². The summed E-state index contributed by atoms with van der Waals surface area (Å²) in [6.07, 6.45) is 9.10. The van der Waals surface area contributed by atoms with E-state index < -0.39 is 15.8 Å². The number of aryl methyl sites for hydroxylation is 1. The Morgan fingerprint density at radius 1 is 1.34 bits per heavy atom. The Hall–Kier alpha value is -2.03. The molecule has 9 heteroatoms. The van der Waals surface area contributed by atoms with Crippen LogP contribution >= 0.6 is 23.4 Å². The van der Waals surface area contributed by atoms with Gasteiger partial charge in [0.25, 0.3) is 0 Å². The Bertz CT molecular complexity index is 1280. The first-order valence-corrected chi connectivity index (χ1v) is 13.8. The molecule has 0 fully saturated rings. The molecule has 0 saturated heterocycles. The summed E-state index contributed by atoms with van der Waals surface area (Å²) in [5.41, 5.74) is 2.05. The molecule has 0 radical (unpaired) electrons. The SMILES string of the molecule is CS(=O)(=O)C1=c2cc3n(c2=CCC=N1)CCCC3CC(=O)O.CSc1ccc(C)c(Cl)c1. The van der Waals surface area contributed by atoms with E-state index in [1.807, 2.05) is 37.5 Å². The third-order valence-corrected chi connectivity index (χ3v) is 7.69. The smallest absolute Gasteiger partial charge is 0.304 e. The molecule has 1 aromatic heterocycles. The fourth-order valence-corrected chi connectivity index (χ4v) is 5.50. The lowest BCUT2D eigenvalue weighted by atomic mass is 9.93. The number of benzene rings is 1. The van der Waals surface area contributed by atoms with Crippen LogP contribution in [-0.4, -0.2) is 42.8 Å². The van der Waals surface area contributed by atoms with E-state index in [1.165, 1.54) is 4.90 Å². The highest BCUT2D eigenvalue weighted by Gasteiger charge is 2.26. The van der Waals surface area contributed by atoms with Crippen molar-refractivity contribution in [2.45, 2.75) is 50.0 Å². The summed E-state index contributed by atoms with van der Waals surface area (Å²) in [7, 11) is -3.43. The molecule has 0 aliphatic carbocycles. The Labute approximate surface area is 197 Å². The highest BCUT2D eigenvalue weighted by atomic mass is 35.5. The highest BCUT2D eigenvalue weighted by molar-refractivity contribution is 7.99. The van der Waals surface area contributed by atoms with Crippen LogP contribution < -0.4 is 10.6 Å². The van der Waals surface area contributed by atoms with Crippen molar-refractivity contribution < 1.29 is 18.3 Å². The molecule has 0 bridgehead atoms. The number of sulfone groups is 1. The Morgan fingerprint density at radius 3 is 2.72 bits per heavy atom. The van der Waals surface area contributed by atoms with Gasteiger partial charge in [0.05, 0.1) is 6.42 Å². The van der Waals surface area contributed by atoms with E-state index in [1.54, 1.807) is 18.0 Å². The van der Waals surface area contributed by atoms with Gasteiger partial charge in [0, 0.05) is 57.5 Å². The topological polar surface area (TPSA) is 88.7 Å². The molecule has 0 saturated carbocycles. The fraction of sp³-hybridized carbons (Fsp3) is 0.391. The third-order valence-electron chi connectivity index (χ3n) is 5.53. The van der Waals surface area contributed by atoms with E-state index in [-0.39, 0.29) is 17.4 Å². The van der Waals surface area contributed by atoms with Crippen LogP contribution in [0.3, 0.4) is 0 Å². The third kappa shape index (κ3) is 5.66. The maximum absolute atomic E-state index is 12.0. The predicted molar refractivity (Wildman–Crippen MR) is 132 cm³/mol. The van der Waals surface area contributed by atoms with Crippen molar-refractivity contribution in [3.8, 4) is 0 Å². The molecular formula is C23H27ClN2O4S2. The maximum atomic E-state index is 12.0. The molecule has 1 N–H and O–H groups in total. The van der Waals surface area contributed by atoms with Crippen molar-refractivity contribution in [1.82, 2.24) is 4.57 Å². The second kappa shape index (κ2) is 10.3. The minimum atomic E-state index is -3.43. The van der Waals surface area contributed by atoms with Gasteiger partial charge in [-0.25, -0.2) is 13.4 Å². The summed E-state index contributed by atoms with van der Waals surface area (Å²) in [6.45, 7) is 2.79. The number of nitrogens with zero attached hydrogens (tertiary/aromatic N) is 2. The van der Waals surface area contributed by atoms with Crippen molar-refractivity contribution >= 4 is 56.5 Å². The molecule has 1 atom stereocenters. The van der Waals surface area contributed by atoms with Crippen molar-refractivity contribution in [3.05, 3.63) is 51.1 Å². The summed E-state index contributed by atoms with van der Waals surface area (Å²) in [5, 5.41) is 11.5. The Morgan fingerprint density at radius 2 is 2.09 bits per heavy atom. The lowest BCUT2D eigenvalue weighted by Gasteiger charge is -2.23. The standard InChI is InChI=1S/C15H18N2O4S.C8H9ClS/c1-22(20,21)15-11-9-13-10(8-14(18)19)4-3-7-17(13)12(11)5-2-6-16-15;1-6-3-4-7(10-2)5-8(6)9/h5-6,9-10H,2-4,7-8H2,1H3,(H,18,19);3-5H,1-2H3. The van der Waals surface area contributed by atoms with E-state index in [9.17, 15) is 13.2 Å². The number of thioether (sulfide) groups is 1. The van der Waals surface area contributed by atoms with E-state index in [0.717, 1.165) is 47.3 Å². The molecule has 2 aromatic rings. The number of hydrogen-bond donors (Lipinski definition) is 1. The minimum Gasteiger partial charge on any atom is -0.481 e. The quantitative estimate of drug-likeness (QED) is 0.656. The monoisotopic (exact) mass is 494 g/mol. The second-order valence-electron chi connectivity index (χ2n) is 7.90. The molecule has 0 spiro atoms. The fourth-order valence-electron chi connectivity index (χ4n) is 3.99. The van der Waals surface area contributed by atoms with Gasteiger partial charge in [-0.05, 0) is 49.8 Å². The van der Waals surface area contributed by atoms with Gasteiger partial charge in [0.2, 0.25) is 0 Å². The number of carbonyl (C=O) groups is 1. The van der Waals surface area contributed by atoms with Gasteiger partial charge in [-0.3, -0.25) is 4.79 Å². The van der Waals surface area contributed by atoms with Gasteiger partial charge in [-0.15, -0.1) is 11.8 Å². The zero-order chi connectivity index (χ0) is 23.5. The van der Waals surface area contributed by atoms with E-state index in [4.69, 9.17) is 16.7 Å². The van der Waals surface area contributed by atoms with E-state index in [0.29, 0.717) is 11.6 Å². The molecule has 32 heavy (non-hydrogen) atoms. The molecule has 1 unspecified atom stereocenters. The van der Waals surface area contributed by atoms with Crippen molar-refractivity contribution in [3.63, 3.8) is 0 Å². The molecular weight excluding hydrogens is 468 g/mol. The lowest BCUT2D eigenvalue weighted by Crippen LogP contribution is -2.33. The molecule has 2 aliphatic heterocycles. The summed E-state index contributed by atoms with van der Waals surface area (Å²) >= 11 is 7.59. The number of fused-ring (bicyclic) bond motifs is 3. The van der Waals surface area contributed by atoms with Crippen molar-refractivity contribution in [2.75, 3.05) is 12.5 Å². The molecule has 3 heterocycles. The Balaban J connectivity index is 0.000000243. The average Bonchev–Trinajstić information content (AvgIpc) is 2.94. The number of rotatable bonds is 4. The average molecular weight is 495 g/mol. The molecule has 2 aliphatic rings. The van der Waals surface area contributed by atoms with E-state index in [2.05, 4.69) is 15.6 Å². The van der Waals surface area contributed by atoms with Gasteiger partial charge in [-0.2, -0.15) is 0 Å². The molecule has 1 aromatic carbocycles. The van der Waals surface area contributed by atoms with Crippen LogP contribution in [0.2, 0.25) is 5.02 Å². The molecule has 4 rings (SSSR count). The summed E-state index contributed by atoms with van der Waals surface area (Å²) < 4.78 is 26.1. The van der Waals surface area contributed by atoms with Gasteiger partial charge < -0.3 is 9.67 Å². The zero-order valence-electron chi connectivity index (χ0n) is 18.3. The minimum absolute atomic E-state index is 0.0698. The number of carboxylic acids is 1.